The van der Waals surface area contributed by atoms with Crippen LogP contribution in [0.4, 0.5) is 4.79 Å². The third-order valence-corrected chi connectivity index (χ3v) is 4.85. The summed E-state index contributed by atoms with van der Waals surface area (Å²) in [6, 6.07) is 7.22. The number of ether oxygens (including phenoxy) is 1. The van der Waals surface area contributed by atoms with Gasteiger partial charge in [0, 0.05) is 38.5 Å². The van der Waals surface area contributed by atoms with E-state index in [9.17, 15) is 9.59 Å². The van der Waals surface area contributed by atoms with E-state index in [2.05, 4.69) is 20.6 Å². The number of likely N-dealkylation sites (tertiary alicyclic amines) is 1. The molecule has 1 spiro atoms. The number of tetrazole rings is 1. The van der Waals surface area contributed by atoms with E-state index in [1.807, 2.05) is 12.1 Å². The van der Waals surface area contributed by atoms with Crippen LogP contribution in [0, 0.1) is 0 Å². The number of aromatic amines is 1. The van der Waals surface area contributed by atoms with Crippen molar-refractivity contribution in [2.24, 2.45) is 0 Å². The maximum Gasteiger partial charge on any atom is 0.410 e. The SMILES string of the molecule is CN1CC2(CCN(C(=O)c3ccccc3-c3nn[nH]n3)CC2)OC1=O. The number of likely N-dealkylation sites (N-methyl/N-ethyl adjacent to an activating group) is 1. The number of nitrogens with zero attached hydrogens (tertiary/aromatic N) is 5. The van der Waals surface area contributed by atoms with E-state index >= 15 is 0 Å². The summed E-state index contributed by atoms with van der Waals surface area (Å²) < 4.78 is 5.54. The molecule has 1 N–H and O–H groups in total. The van der Waals surface area contributed by atoms with Crippen LogP contribution in [0.3, 0.4) is 0 Å². The van der Waals surface area contributed by atoms with Crippen LogP contribution in [0.15, 0.2) is 24.3 Å². The first-order valence-electron chi connectivity index (χ1n) is 8.14. The van der Waals surface area contributed by atoms with Crippen LogP contribution in [-0.2, 0) is 4.74 Å². The fourth-order valence-corrected chi connectivity index (χ4v) is 3.48. The van der Waals surface area contributed by atoms with Crippen molar-refractivity contribution in [1.29, 1.82) is 0 Å². The van der Waals surface area contributed by atoms with Crippen LogP contribution in [0.25, 0.3) is 11.4 Å². The zero-order valence-electron chi connectivity index (χ0n) is 13.8. The summed E-state index contributed by atoms with van der Waals surface area (Å²) in [5.74, 6) is 0.316. The predicted molar refractivity (Wildman–Crippen MR) is 86.6 cm³/mol. The highest BCUT2D eigenvalue weighted by Crippen LogP contribution is 2.33. The summed E-state index contributed by atoms with van der Waals surface area (Å²) in [6.07, 6.45) is 0.987. The highest BCUT2D eigenvalue weighted by atomic mass is 16.6. The number of aromatic nitrogens is 4. The van der Waals surface area contributed by atoms with E-state index in [0.717, 1.165) is 0 Å². The molecule has 1 aromatic carbocycles. The Hall–Kier alpha value is -2.97. The Balaban J connectivity index is 1.51. The lowest BCUT2D eigenvalue weighted by Crippen LogP contribution is -2.48. The Labute approximate surface area is 143 Å². The third-order valence-electron chi connectivity index (χ3n) is 4.85. The van der Waals surface area contributed by atoms with E-state index in [1.165, 1.54) is 0 Å². The molecule has 2 amide bonds. The van der Waals surface area contributed by atoms with Crippen LogP contribution in [0.1, 0.15) is 23.2 Å². The standard InChI is InChI=1S/C16H18N6O3/c1-21-10-16(25-15(21)24)6-8-22(9-7-16)14(23)12-5-3-2-4-11(12)13-17-19-20-18-13/h2-5H,6-10H2,1H3,(H,17,18,19,20). The second-order valence-electron chi connectivity index (χ2n) is 6.48. The third kappa shape index (κ3) is 2.71. The number of hydrogen-bond acceptors (Lipinski definition) is 6. The van der Waals surface area contributed by atoms with Crippen LogP contribution in [0.2, 0.25) is 0 Å². The van der Waals surface area contributed by atoms with Crippen molar-refractivity contribution in [3.05, 3.63) is 29.8 Å². The van der Waals surface area contributed by atoms with E-state index in [0.29, 0.717) is 49.4 Å². The van der Waals surface area contributed by atoms with Crippen molar-refractivity contribution in [2.45, 2.75) is 18.4 Å². The number of H-pyrrole nitrogens is 1. The monoisotopic (exact) mass is 342 g/mol. The molecule has 0 atom stereocenters. The Kier molecular flexibility index (Phi) is 3.63. The van der Waals surface area contributed by atoms with Gasteiger partial charge in [0.2, 0.25) is 5.82 Å². The van der Waals surface area contributed by atoms with Crippen molar-refractivity contribution >= 4 is 12.0 Å². The van der Waals surface area contributed by atoms with Crippen molar-refractivity contribution in [1.82, 2.24) is 30.4 Å². The second-order valence-corrected chi connectivity index (χ2v) is 6.48. The molecule has 2 aromatic rings. The summed E-state index contributed by atoms with van der Waals surface area (Å²) in [5.41, 5.74) is 0.726. The first kappa shape index (κ1) is 15.6. The first-order chi connectivity index (χ1) is 12.1. The Bertz CT molecular complexity index is 798. The fourth-order valence-electron chi connectivity index (χ4n) is 3.48. The van der Waals surface area contributed by atoms with E-state index < -0.39 is 5.60 Å². The van der Waals surface area contributed by atoms with Gasteiger partial charge in [0.05, 0.1) is 12.1 Å². The van der Waals surface area contributed by atoms with Gasteiger partial charge in [-0.05, 0) is 11.3 Å². The Morgan fingerprint density at radius 2 is 2.04 bits per heavy atom. The van der Waals surface area contributed by atoms with E-state index in [1.54, 1.807) is 29.0 Å². The molecule has 0 radical (unpaired) electrons. The Morgan fingerprint density at radius 1 is 1.28 bits per heavy atom. The molecule has 130 valence electrons. The van der Waals surface area contributed by atoms with Crippen molar-refractivity contribution < 1.29 is 14.3 Å². The molecule has 2 saturated heterocycles. The van der Waals surface area contributed by atoms with Gasteiger partial charge in [0.1, 0.15) is 5.60 Å². The normalized spacial score (nSPS) is 19.3. The number of nitrogens with one attached hydrogen (secondary N) is 1. The number of benzene rings is 1. The van der Waals surface area contributed by atoms with Crippen molar-refractivity contribution in [3.8, 4) is 11.4 Å². The molecule has 0 bridgehead atoms. The molecular weight excluding hydrogens is 324 g/mol. The van der Waals surface area contributed by atoms with Gasteiger partial charge in [-0.3, -0.25) is 4.79 Å². The number of amides is 2. The summed E-state index contributed by atoms with van der Waals surface area (Å²) in [4.78, 5) is 28.0. The zero-order valence-corrected chi connectivity index (χ0v) is 13.8. The minimum Gasteiger partial charge on any atom is -0.441 e. The highest BCUT2D eigenvalue weighted by Gasteiger charge is 2.46. The molecule has 2 aliphatic rings. The second kappa shape index (κ2) is 5.83. The van der Waals surface area contributed by atoms with Gasteiger partial charge in [-0.15, -0.1) is 10.2 Å². The fraction of sp³-hybridized carbons (Fsp3) is 0.438. The smallest absolute Gasteiger partial charge is 0.410 e. The average Bonchev–Trinajstić information content (AvgIpc) is 3.24. The molecule has 2 aliphatic heterocycles. The van der Waals surface area contributed by atoms with E-state index in [-0.39, 0.29) is 12.0 Å². The number of hydrogen-bond donors (Lipinski definition) is 1. The molecule has 0 unspecified atom stereocenters. The predicted octanol–water partition coefficient (Wildman–Crippen LogP) is 0.923. The summed E-state index contributed by atoms with van der Waals surface area (Å²) in [6.45, 7) is 1.66. The first-order valence-corrected chi connectivity index (χ1v) is 8.14. The average molecular weight is 342 g/mol. The number of rotatable bonds is 2. The zero-order chi connectivity index (χ0) is 17.4. The maximum atomic E-state index is 13.0. The van der Waals surface area contributed by atoms with Crippen LogP contribution < -0.4 is 0 Å². The van der Waals surface area contributed by atoms with Crippen molar-refractivity contribution in [3.63, 3.8) is 0 Å². The number of piperidine rings is 1. The van der Waals surface area contributed by atoms with Gasteiger partial charge in [-0.1, -0.05) is 18.2 Å². The van der Waals surface area contributed by atoms with E-state index in [4.69, 9.17) is 4.74 Å². The summed E-state index contributed by atoms with van der Waals surface area (Å²) in [5, 5.41) is 13.9. The van der Waals surface area contributed by atoms with Crippen LogP contribution >= 0.6 is 0 Å². The largest absolute Gasteiger partial charge is 0.441 e. The number of carbonyl (C=O) groups excluding carboxylic acids is 2. The lowest BCUT2D eigenvalue weighted by Gasteiger charge is -2.37. The molecule has 3 heterocycles. The Morgan fingerprint density at radius 3 is 2.68 bits per heavy atom. The topological polar surface area (TPSA) is 104 Å². The molecule has 1 aromatic heterocycles. The van der Waals surface area contributed by atoms with Gasteiger partial charge in [0.25, 0.3) is 5.91 Å². The summed E-state index contributed by atoms with van der Waals surface area (Å²) in [7, 11) is 1.73. The molecule has 25 heavy (non-hydrogen) atoms. The molecule has 2 fully saturated rings. The lowest BCUT2D eigenvalue weighted by molar-refractivity contribution is 0.00320. The molecule has 9 nitrogen and oxygen atoms in total. The lowest BCUT2D eigenvalue weighted by atomic mass is 9.91. The van der Waals surface area contributed by atoms with Crippen LogP contribution in [0.5, 0.6) is 0 Å². The highest BCUT2D eigenvalue weighted by molar-refractivity contribution is 6.00. The van der Waals surface area contributed by atoms with Gasteiger partial charge < -0.3 is 14.5 Å². The molecule has 9 heteroatoms. The van der Waals surface area contributed by atoms with Gasteiger partial charge in [0.15, 0.2) is 0 Å². The quantitative estimate of drug-likeness (QED) is 0.870. The molecule has 4 rings (SSSR count). The number of carbonyl (C=O) groups is 2. The van der Waals surface area contributed by atoms with Gasteiger partial charge >= 0.3 is 6.09 Å². The summed E-state index contributed by atoms with van der Waals surface area (Å²) >= 11 is 0. The maximum absolute atomic E-state index is 13.0. The minimum absolute atomic E-state index is 0.0760. The molecular formula is C16H18N6O3. The minimum atomic E-state index is -0.462. The van der Waals surface area contributed by atoms with Crippen LogP contribution in [-0.4, -0.2) is 74.7 Å². The molecule has 0 aliphatic carbocycles. The van der Waals surface area contributed by atoms with Crippen molar-refractivity contribution in [2.75, 3.05) is 26.7 Å². The van der Waals surface area contributed by atoms with Gasteiger partial charge in [-0.25, -0.2) is 4.79 Å². The molecule has 0 saturated carbocycles. The van der Waals surface area contributed by atoms with Gasteiger partial charge in [-0.2, -0.15) is 5.21 Å².